The number of fused-ring (bicyclic) bond motifs is 1. The van der Waals surface area contributed by atoms with E-state index in [1.165, 1.54) is 21.9 Å². The molecule has 1 nitrogen and oxygen atoms in total. The van der Waals surface area contributed by atoms with Crippen LogP contribution in [0.25, 0.3) is 10.8 Å². The average molecular weight is 389 g/mol. The summed E-state index contributed by atoms with van der Waals surface area (Å²) in [4.78, 5) is 0. The third-order valence-electron chi connectivity index (χ3n) is 3.13. The van der Waals surface area contributed by atoms with Crippen LogP contribution in [0.1, 0.15) is 24.1 Å². The summed E-state index contributed by atoms with van der Waals surface area (Å²) in [7, 11) is 12.0. The van der Waals surface area contributed by atoms with E-state index in [1.54, 1.807) is 0 Å². The molecular weight excluding hydrogens is 372 g/mol. The predicted molar refractivity (Wildman–Crippen MR) is 83.9 cm³/mol. The SMILES string of the molecule is CC(N)c1cc2ccccc2cc1C[CH2][SnH]([Cl])[Cl]. The van der Waals surface area contributed by atoms with E-state index in [4.69, 9.17) is 23.6 Å². The zero-order valence-corrected chi connectivity index (χ0v) is 15.2. The van der Waals surface area contributed by atoms with E-state index >= 15 is 0 Å². The quantitative estimate of drug-likeness (QED) is 0.784. The van der Waals surface area contributed by atoms with Crippen molar-refractivity contribution in [2.75, 3.05) is 0 Å². The molecule has 2 aromatic rings. The molecule has 0 fully saturated rings. The third-order valence-corrected chi connectivity index (χ3v) is 8.13. The molecule has 0 bridgehead atoms. The molecule has 0 spiro atoms. The van der Waals surface area contributed by atoms with Crippen molar-refractivity contribution in [3.05, 3.63) is 47.5 Å². The van der Waals surface area contributed by atoms with Crippen LogP contribution in [0.5, 0.6) is 0 Å². The monoisotopic (exact) mass is 389 g/mol. The number of rotatable bonds is 4. The molecule has 2 aromatic carbocycles. The Labute approximate surface area is 122 Å². The number of halogens is 2. The molecule has 0 amide bonds. The standard InChI is InChI=1S/C14H16N.2ClH.Sn.H/c1-3-11-8-12-6-4-5-7-13(12)9-14(11)10(2)15;;;;/h4-10H,1,3,15H2,2H3;2*1H;;/q;;;+2;/p-2. The van der Waals surface area contributed by atoms with Crippen LogP contribution in [0.3, 0.4) is 0 Å². The van der Waals surface area contributed by atoms with Crippen LogP contribution in [0.2, 0.25) is 4.44 Å². The van der Waals surface area contributed by atoms with Gasteiger partial charge in [-0.25, -0.2) is 0 Å². The Morgan fingerprint density at radius 3 is 2.33 bits per heavy atom. The second-order valence-corrected chi connectivity index (χ2v) is 17.1. The Kier molecular flexibility index (Phi) is 5.19. The molecule has 0 saturated carbocycles. The van der Waals surface area contributed by atoms with Crippen molar-refractivity contribution in [1.82, 2.24) is 0 Å². The Morgan fingerprint density at radius 1 is 1.17 bits per heavy atom. The minimum atomic E-state index is -2.18. The van der Waals surface area contributed by atoms with Gasteiger partial charge < -0.3 is 0 Å². The molecule has 0 heterocycles. The van der Waals surface area contributed by atoms with Crippen molar-refractivity contribution in [2.45, 2.75) is 23.8 Å². The van der Waals surface area contributed by atoms with Crippen LogP contribution < -0.4 is 5.73 Å². The Bertz CT molecular complexity index is 540. The van der Waals surface area contributed by atoms with Gasteiger partial charge in [0.15, 0.2) is 0 Å². The van der Waals surface area contributed by atoms with Gasteiger partial charge in [0.2, 0.25) is 0 Å². The van der Waals surface area contributed by atoms with Crippen LogP contribution in [0, 0.1) is 0 Å². The fraction of sp³-hybridized carbons (Fsp3) is 0.286. The molecule has 4 heteroatoms. The Hall–Kier alpha value is 0.0387. The number of aryl methyl sites for hydroxylation is 1. The van der Waals surface area contributed by atoms with Crippen molar-refractivity contribution in [1.29, 1.82) is 0 Å². The van der Waals surface area contributed by atoms with Crippen molar-refractivity contribution in [2.24, 2.45) is 5.73 Å². The van der Waals surface area contributed by atoms with Gasteiger partial charge in [0.05, 0.1) is 0 Å². The number of hydrogen-bond acceptors (Lipinski definition) is 1. The molecule has 2 N–H and O–H groups in total. The van der Waals surface area contributed by atoms with Gasteiger partial charge >= 0.3 is 123 Å². The molecular formula is C14H17Cl2NSn. The molecule has 1 atom stereocenters. The van der Waals surface area contributed by atoms with Crippen LogP contribution in [0.4, 0.5) is 0 Å². The van der Waals surface area contributed by atoms with Crippen molar-refractivity contribution in [3.8, 4) is 0 Å². The van der Waals surface area contributed by atoms with Crippen LogP contribution in [-0.4, -0.2) is 17.5 Å². The summed E-state index contributed by atoms with van der Waals surface area (Å²) in [5, 5.41) is 2.50. The van der Waals surface area contributed by atoms with Crippen LogP contribution in [-0.2, 0) is 6.42 Å². The molecule has 0 saturated heterocycles. The van der Waals surface area contributed by atoms with E-state index in [0.717, 1.165) is 10.9 Å². The zero-order valence-electron chi connectivity index (χ0n) is 10.4. The first kappa shape index (κ1) is 14.4. The van der Waals surface area contributed by atoms with Gasteiger partial charge in [0.25, 0.3) is 0 Å². The van der Waals surface area contributed by atoms with E-state index in [2.05, 4.69) is 36.4 Å². The topological polar surface area (TPSA) is 26.0 Å². The normalized spacial score (nSPS) is 13.2. The van der Waals surface area contributed by atoms with Crippen molar-refractivity contribution >= 4 is 46.1 Å². The second kappa shape index (κ2) is 6.46. The van der Waals surface area contributed by atoms with Gasteiger partial charge in [-0.1, -0.05) is 0 Å². The minimum absolute atomic E-state index is 0.0453. The van der Waals surface area contributed by atoms with E-state index in [9.17, 15) is 0 Å². The average Bonchev–Trinajstić information content (AvgIpc) is 2.35. The first-order valence-electron chi connectivity index (χ1n) is 6.13. The van der Waals surface area contributed by atoms with Crippen LogP contribution in [0.15, 0.2) is 36.4 Å². The third kappa shape index (κ3) is 3.53. The zero-order chi connectivity index (χ0) is 13.1. The van der Waals surface area contributed by atoms with Crippen molar-refractivity contribution in [3.63, 3.8) is 0 Å². The second-order valence-electron chi connectivity index (χ2n) is 4.62. The van der Waals surface area contributed by atoms with Gasteiger partial charge in [0.1, 0.15) is 0 Å². The Morgan fingerprint density at radius 2 is 1.78 bits per heavy atom. The van der Waals surface area contributed by atoms with Gasteiger partial charge in [-0.05, 0) is 0 Å². The van der Waals surface area contributed by atoms with E-state index in [-0.39, 0.29) is 6.04 Å². The number of hydrogen-bond donors (Lipinski definition) is 1. The molecule has 2 rings (SSSR count). The van der Waals surface area contributed by atoms with Crippen molar-refractivity contribution < 1.29 is 0 Å². The molecule has 96 valence electrons. The molecule has 0 radical (unpaired) electrons. The van der Waals surface area contributed by atoms with Gasteiger partial charge in [-0.2, -0.15) is 0 Å². The summed E-state index contributed by atoms with van der Waals surface area (Å²) >= 11 is -2.18. The van der Waals surface area contributed by atoms with Gasteiger partial charge in [-0.15, -0.1) is 0 Å². The van der Waals surface area contributed by atoms with E-state index in [0.29, 0.717) is 0 Å². The Balaban J connectivity index is 2.44. The van der Waals surface area contributed by atoms with Gasteiger partial charge in [0, 0.05) is 0 Å². The summed E-state index contributed by atoms with van der Waals surface area (Å²) in [6.07, 6.45) is 0.954. The molecule has 0 aliphatic rings. The maximum atomic E-state index is 6.06. The molecule has 0 aliphatic heterocycles. The first-order valence-corrected chi connectivity index (χ1v) is 16.8. The molecule has 0 aliphatic carbocycles. The van der Waals surface area contributed by atoms with Crippen LogP contribution >= 0.6 is 17.8 Å². The maximum absolute atomic E-state index is 6.06. The van der Waals surface area contributed by atoms with E-state index < -0.39 is 17.5 Å². The number of nitrogens with two attached hydrogens (primary N) is 1. The van der Waals surface area contributed by atoms with Gasteiger partial charge in [-0.3, -0.25) is 0 Å². The summed E-state index contributed by atoms with van der Waals surface area (Å²) in [6, 6.07) is 12.8. The fourth-order valence-corrected chi connectivity index (χ4v) is 5.18. The number of benzene rings is 2. The molecule has 0 aromatic heterocycles. The summed E-state index contributed by atoms with van der Waals surface area (Å²) in [6.45, 7) is 2.02. The summed E-state index contributed by atoms with van der Waals surface area (Å²) < 4.78 is 0.961. The fourth-order valence-electron chi connectivity index (χ4n) is 2.21. The predicted octanol–water partition coefficient (Wildman–Crippen LogP) is 4.10. The molecule has 18 heavy (non-hydrogen) atoms. The van der Waals surface area contributed by atoms with E-state index in [1.807, 2.05) is 6.92 Å². The summed E-state index contributed by atoms with van der Waals surface area (Å²) in [5.74, 6) is 0. The summed E-state index contributed by atoms with van der Waals surface area (Å²) in [5.41, 5.74) is 8.58. The first-order chi connectivity index (χ1) is 8.58. The molecule has 1 unspecified atom stereocenters.